The fraction of sp³-hybridized carbons (Fsp3) is 0.375. The van der Waals surface area contributed by atoms with Crippen LogP contribution in [0, 0.1) is 21.7 Å². The van der Waals surface area contributed by atoms with Crippen molar-refractivity contribution in [3.8, 4) is 0 Å². The lowest BCUT2D eigenvalue weighted by Crippen LogP contribution is -2.44. The lowest BCUT2D eigenvalue weighted by molar-refractivity contribution is -0.384. The summed E-state index contributed by atoms with van der Waals surface area (Å²) in [5.41, 5.74) is -4.93. The van der Waals surface area contributed by atoms with Gasteiger partial charge in [-0.3, -0.25) is 14.9 Å². The third kappa shape index (κ3) is 7.36. The smallest absolute Gasteiger partial charge is 0.424 e. The number of carbonyl (C=O) groups is 3. The van der Waals surface area contributed by atoms with E-state index in [4.69, 9.17) is 32.7 Å². The number of halogens is 4. The Morgan fingerprint density at radius 3 is 1.92 bits per heavy atom. The number of Topliss-reactive ketones (excluding diaryl/α,β-unsaturated/α-hetero) is 1. The third-order valence-corrected chi connectivity index (χ3v) is 5.12. The quantitative estimate of drug-likeness (QED) is 0.214. The molecule has 0 spiro atoms. The Hall–Kier alpha value is -3.31. The van der Waals surface area contributed by atoms with E-state index in [0.717, 1.165) is 24.3 Å². The second-order valence-corrected chi connectivity index (χ2v) is 10.6. The molecule has 0 bridgehead atoms. The molecule has 0 aliphatic rings. The van der Waals surface area contributed by atoms with Crippen molar-refractivity contribution in [2.24, 2.45) is 0 Å². The lowest BCUT2D eigenvalue weighted by Gasteiger charge is -2.29. The maximum absolute atomic E-state index is 15.6. The predicted octanol–water partition coefficient (Wildman–Crippen LogP) is 7.28. The molecule has 0 saturated heterocycles. The van der Waals surface area contributed by atoms with Crippen molar-refractivity contribution in [1.29, 1.82) is 0 Å². The first-order valence-corrected chi connectivity index (χ1v) is 11.5. The Morgan fingerprint density at radius 1 is 0.946 bits per heavy atom. The molecule has 0 N–H and O–H groups in total. The van der Waals surface area contributed by atoms with Crippen LogP contribution in [0.1, 0.15) is 57.5 Å². The van der Waals surface area contributed by atoms with Crippen LogP contribution >= 0.6 is 23.2 Å². The summed E-state index contributed by atoms with van der Waals surface area (Å²) in [5, 5.41) is 10.4. The molecule has 0 atom stereocenters. The Morgan fingerprint density at radius 2 is 1.46 bits per heavy atom. The van der Waals surface area contributed by atoms with Crippen molar-refractivity contribution in [2.45, 2.75) is 59.2 Å². The van der Waals surface area contributed by atoms with E-state index in [0.29, 0.717) is 0 Å². The maximum atomic E-state index is 15.6. The number of nitro groups is 1. The van der Waals surface area contributed by atoms with E-state index in [-0.39, 0.29) is 9.92 Å². The number of anilines is 1. The van der Waals surface area contributed by atoms with E-state index in [2.05, 4.69) is 0 Å². The Labute approximate surface area is 221 Å². The average molecular weight is 561 g/mol. The zero-order valence-corrected chi connectivity index (χ0v) is 22.3. The average Bonchev–Trinajstić information content (AvgIpc) is 2.70. The van der Waals surface area contributed by atoms with Gasteiger partial charge in [-0.15, -0.1) is 0 Å². The van der Waals surface area contributed by atoms with Crippen LogP contribution in [0.15, 0.2) is 24.3 Å². The number of benzene rings is 2. The number of nitrogens with zero attached hydrogens (tertiary/aromatic N) is 2. The summed E-state index contributed by atoms with van der Waals surface area (Å²) in [5.74, 6) is -3.70. The standard InChI is InChI=1S/C24H24Cl2F2N2O7/c1-23(2,3)36-21(32)29(22(33)37-24(4,5)6)20-14(27)9-7-12(19(20)28)11-16(31)17-13(25)8-10-15(18(17)26)30(34)35/h7-10H,11H2,1-6H3. The number of nitro benzene ring substituents is 1. The minimum Gasteiger partial charge on any atom is -0.443 e. The zero-order chi connectivity index (χ0) is 28.5. The highest BCUT2D eigenvalue weighted by atomic mass is 35.5. The summed E-state index contributed by atoms with van der Waals surface area (Å²) in [6, 6.07) is 3.72. The van der Waals surface area contributed by atoms with Gasteiger partial charge >= 0.3 is 12.2 Å². The van der Waals surface area contributed by atoms with Gasteiger partial charge in [0, 0.05) is 12.5 Å². The molecular formula is C24H24Cl2F2N2O7. The van der Waals surface area contributed by atoms with Crippen molar-refractivity contribution in [3.63, 3.8) is 0 Å². The second kappa shape index (κ2) is 11.0. The number of amides is 2. The van der Waals surface area contributed by atoms with E-state index in [1.54, 1.807) is 0 Å². The molecule has 37 heavy (non-hydrogen) atoms. The molecule has 200 valence electrons. The molecule has 9 nitrogen and oxygen atoms in total. The maximum Gasteiger partial charge on any atom is 0.424 e. The van der Waals surface area contributed by atoms with Crippen LogP contribution in [0.5, 0.6) is 0 Å². The second-order valence-electron chi connectivity index (χ2n) is 9.78. The fourth-order valence-corrected chi connectivity index (χ4v) is 3.65. The number of rotatable bonds is 5. The number of carbonyl (C=O) groups excluding carboxylic acids is 3. The van der Waals surface area contributed by atoms with Crippen LogP contribution in [-0.4, -0.2) is 34.1 Å². The van der Waals surface area contributed by atoms with E-state index in [1.165, 1.54) is 41.5 Å². The molecule has 0 radical (unpaired) electrons. The van der Waals surface area contributed by atoms with Gasteiger partial charge in [0.05, 0.1) is 15.5 Å². The van der Waals surface area contributed by atoms with Crippen molar-refractivity contribution >= 4 is 52.5 Å². The highest BCUT2D eigenvalue weighted by Gasteiger charge is 2.37. The van der Waals surface area contributed by atoms with Gasteiger partial charge in [0.15, 0.2) is 17.4 Å². The van der Waals surface area contributed by atoms with Crippen LogP contribution in [0.25, 0.3) is 0 Å². The highest BCUT2D eigenvalue weighted by molar-refractivity contribution is 6.41. The van der Waals surface area contributed by atoms with E-state index in [9.17, 15) is 28.9 Å². The van der Waals surface area contributed by atoms with Crippen molar-refractivity contribution in [3.05, 3.63) is 67.2 Å². The zero-order valence-electron chi connectivity index (χ0n) is 20.8. The molecule has 2 aromatic rings. The number of hydrogen-bond acceptors (Lipinski definition) is 7. The van der Waals surface area contributed by atoms with Crippen LogP contribution < -0.4 is 4.90 Å². The van der Waals surface area contributed by atoms with Gasteiger partial charge in [0.25, 0.3) is 5.69 Å². The van der Waals surface area contributed by atoms with Crippen LogP contribution in [-0.2, 0) is 15.9 Å². The van der Waals surface area contributed by atoms with Crippen LogP contribution in [0.3, 0.4) is 0 Å². The Bertz CT molecular complexity index is 1240. The summed E-state index contributed by atoms with van der Waals surface area (Å²) in [4.78, 5) is 49.0. The summed E-state index contributed by atoms with van der Waals surface area (Å²) >= 11 is 12.0. The molecule has 0 unspecified atom stereocenters. The largest absolute Gasteiger partial charge is 0.443 e. The minimum atomic E-state index is -1.44. The van der Waals surface area contributed by atoms with Gasteiger partial charge in [-0.25, -0.2) is 18.4 Å². The van der Waals surface area contributed by atoms with Crippen molar-refractivity contribution in [2.75, 3.05) is 4.90 Å². The molecular weight excluding hydrogens is 537 g/mol. The van der Waals surface area contributed by atoms with Crippen molar-refractivity contribution in [1.82, 2.24) is 0 Å². The van der Waals surface area contributed by atoms with E-state index in [1.807, 2.05) is 0 Å². The number of imide groups is 1. The molecule has 2 amide bonds. The summed E-state index contributed by atoms with van der Waals surface area (Å²) < 4.78 is 40.8. The van der Waals surface area contributed by atoms with Crippen molar-refractivity contribution < 1.29 is 37.6 Å². The third-order valence-electron chi connectivity index (χ3n) is 4.42. The highest BCUT2D eigenvalue weighted by Crippen LogP contribution is 2.35. The predicted molar refractivity (Wildman–Crippen MR) is 132 cm³/mol. The lowest BCUT2D eigenvalue weighted by atomic mass is 10.0. The van der Waals surface area contributed by atoms with Crippen LogP contribution in [0.2, 0.25) is 10.0 Å². The van der Waals surface area contributed by atoms with Gasteiger partial charge in [-0.2, -0.15) is 4.90 Å². The monoisotopic (exact) mass is 560 g/mol. The molecule has 0 heterocycles. The molecule has 0 fully saturated rings. The molecule has 2 aromatic carbocycles. The summed E-state index contributed by atoms with van der Waals surface area (Å²) in [6.07, 6.45) is -3.64. The molecule has 0 aliphatic carbocycles. The van der Waals surface area contributed by atoms with Gasteiger partial charge in [-0.1, -0.05) is 29.3 Å². The Balaban J connectivity index is 2.61. The topological polar surface area (TPSA) is 116 Å². The first kappa shape index (κ1) is 29.9. The molecule has 0 aliphatic heterocycles. The fourth-order valence-electron chi connectivity index (χ4n) is 3.00. The molecule has 13 heteroatoms. The molecule has 0 aromatic heterocycles. The number of hydrogen-bond donors (Lipinski definition) is 0. The van der Waals surface area contributed by atoms with Crippen LogP contribution in [0.4, 0.5) is 29.7 Å². The van der Waals surface area contributed by atoms with Gasteiger partial charge in [-0.05, 0) is 59.2 Å². The van der Waals surface area contributed by atoms with Gasteiger partial charge in [0.1, 0.15) is 21.9 Å². The van der Waals surface area contributed by atoms with E-state index < -0.39 is 79.7 Å². The normalized spacial score (nSPS) is 11.6. The van der Waals surface area contributed by atoms with Gasteiger partial charge in [0.2, 0.25) is 0 Å². The first-order chi connectivity index (χ1) is 16.8. The van der Waals surface area contributed by atoms with Gasteiger partial charge < -0.3 is 9.47 Å². The van der Waals surface area contributed by atoms with E-state index >= 15 is 4.39 Å². The number of ketones is 1. The number of ether oxygens (including phenoxy) is 2. The molecule has 0 saturated carbocycles. The summed E-state index contributed by atoms with van der Waals surface area (Å²) in [6.45, 7) is 8.87. The summed E-state index contributed by atoms with van der Waals surface area (Å²) in [7, 11) is 0. The Kier molecular flexibility index (Phi) is 8.87. The molecule has 2 rings (SSSR count). The SMILES string of the molecule is CC(C)(C)OC(=O)N(C(=O)OC(C)(C)C)c1c(F)ccc(CC(=O)c2c(Cl)ccc([N+](=O)[O-])c2Cl)c1F. The first-order valence-electron chi connectivity index (χ1n) is 10.7. The minimum absolute atomic E-state index is 0.0580.